The van der Waals surface area contributed by atoms with Crippen molar-refractivity contribution in [3.8, 4) is 0 Å². The van der Waals surface area contributed by atoms with Crippen LogP contribution in [0.2, 0.25) is 10.0 Å². The summed E-state index contributed by atoms with van der Waals surface area (Å²) in [5, 5.41) is 2.43. The summed E-state index contributed by atoms with van der Waals surface area (Å²) in [7, 11) is -4.18. The average molecular weight is 596 g/mol. The van der Waals surface area contributed by atoms with E-state index in [0.717, 1.165) is 16.4 Å². The number of nitrogens with one attached hydrogen (secondary N) is 1. The average Bonchev–Trinajstić information content (AvgIpc) is 2.75. The Labute approximate surface area is 212 Å². The minimum Gasteiger partial charge on any atom is -0.324 e. The van der Waals surface area contributed by atoms with Gasteiger partial charge in [0.25, 0.3) is 0 Å². The molecule has 0 unspecified atom stereocenters. The standard InChI is InChI=1S/C22H16BrCl2F3N2O3S/c23-16-6-8-17(9-7-16)34(32,33)30(12-14-3-1-2-4-18(14)24)13-21(31)29-20-11-15(22(26,27)28)5-10-19(20)25/h1-11H,12-13H2,(H,29,31). The van der Waals surface area contributed by atoms with E-state index in [1.807, 2.05) is 0 Å². The number of amides is 1. The van der Waals surface area contributed by atoms with E-state index < -0.39 is 34.2 Å². The largest absolute Gasteiger partial charge is 0.416 e. The molecular weight excluding hydrogens is 580 g/mol. The number of sulfonamides is 1. The smallest absolute Gasteiger partial charge is 0.324 e. The Morgan fingerprint density at radius 2 is 1.62 bits per heavy atom. The van der Waals surface area contributed by atoms with Crippen LogP contribution in [0.3, 0.4) is 0 Å². The maximum atomic E-state index is 13.3. The van der Waals surface area contributed by atoms with Gasteiger partial charge in [-0.2, -0.15) is 17.5 Å². The van der Waals surface area contributed by atoms with Gasteiger partial charge in [-0.05, 0) is 54.1 Å². The van der Waals surface area contributed by atoms with Crippen LogP contribution in [0.15, 0.2) is 76.1 Å². The first-order valence-electron chi connectivity index (χ1n) is 9.53. The summed E-state index contributed by atoms with van der Waals surface area (Å²) in [6.45, 7) is -0.946. The highest BCUT2D eigenvalue weighted by Crippen LogP contribution is 2.34. The van der Waals surface area contributed by atoms with Crippen molar-refractivity contribution in [2.75, 3.05) is 11.9 Å². The molecule has 1 amide bonds. The Morgan fingerprint density at radius 3 is 2.24 bits per heavy atom. The highest BCUT2D eigenvalue weighted by Gasteiger charge is 2.32. The third-order valence-corrected chi connectivity index (χ3v) is 7.68. The number of hydrogen-bond donors (Lipinski definition) is 1. The second-order valence-corrected chi connectivity index (χ2v) is 10.7. The van der Waals surface area contributed by atoms with Crippen LogP contribution < -0.4 is 5.32 Å². The number of nitrogens with zero attached hydrogens (tertiary/aromatic N) is 1. The molecule has 0 spiro atoms. The Hall–Kier alpha value is -2.11. The third-order valence-electron chi connectivity index (χ3n) is 4.64. The molecule has 0 saturated heterocycles. The van der Waals surface area contributed by atoms with Crippen LogP contribution in [0.5, 0.6) is 0 Å². The van der Waals surface area contributed by atoms with Crippen molar-refractivity contribution in [2.45, 2.75) is 17.6 Å². The van der Waals surface area contributed by atoms with E-state index in [0.29, 0.717) is 21.1 Å². The zero-order chi connectivity index (χ0) is 25.1. The van der Waals surface area contributed by atoms with Gasteiger partial charge in [0, 0.05) is 16.0 Å². The first-order chi connectivity index (χ1) is 15.9. The van der Waals surface area contributed by atoms with Gasteiger partial charge < -0.3 is 5.32 Å². The second kappa shape index (κ2) is 10.7. The van der Waals surface area contributed by atoms with Crippen molar-refractivity contribution in [3.63, 3.8) is 0 Å². The lowest BCUT2D eigenvalue weighted by atomic mass is 10.2. The van der Waals surface area contributed by atoms with E-state index in [9.17, 15) is 26.4 Å². The van der Waals surface area contributed by atoms with Crippen LogP contribution >= 0.6 is 39.1 Å². The first-order valence-corrected chi connectivity index (χ1v) is 12.5. The number of hydrogen-bond acceptors (Lipinski definition) is 3. The molecule has 0 fully saturated rings. The van der Waals surface area contributed by atoms with E-state index in [1.54, 1.807) is 24.3 Å². The predicted molar refractivity (Wildman–Crippen MR) is 128 cm³/mol. The molecule has 3 aromatic rings. The molecule has 0 aromatic heterocycles. The molecule has 12 heteroatoms. The zero-order valence-electron chi connectivity index (χ0n) is 17.1. The fourth-order valence-electron chi connectivity index (χ4n) is 2.95. The molecule has 3 rings (SSSR count). The number of anilines is 1. The molecule has 1 N–H and O–H groups in total. The minimum absolute atomic E-state index is 0.0762. The van der Waals surface area contributed by atoms with Crippen LogP contribution in [-0.4, -0.2) is 25.2 Å². The van der Waals surface area contributed by atoms with Crippen LogP contribution in [0.4, 0.5) is 18.9 Å². The molecular formula is C22H16BrCl2F3N2O3S. The maximum absolute atomic E-state index is 13.3. The SMILES string of the molecule is O=C(CN(Cc1ccccc1Cl)S(=O)(=O)c1ccc(Br)cc1)Nc1cc(C(F)(F)F)ccc1Cl. The molecule has 180 valence electrons. The van der Waals surface area contributed by atoms with Crippen molar-refractivity contribution in [3.05, 3.63) is 92.4 Å². The number of carbonyl (C=O) groups excluding carboxylic acids is 1. The molecule has 0 aliphatic rings. The topological polar surface area (TPSA) is 66.5 Å². The summed E-state index contributed by atoms with van der Waals surface area (Å²) >= 11 is 15.4. The van der Waals surface area contributed by atoms with Gasteiger partial charge in [0.05, 0.1) is 27.7 Å². The number of carbonyl (C=O) groups is 1. The van der Waals surface area contributed by atoms with E-state index in [4.69, 9.17) is 23.2 Å². The predicted octanol–water partition coefficient (Wildman–Crippen LogP) is 6.60. The number of halogens is 6. The number of alkyl halides is 3. The quantitative estimate of drug-likeness (QED) is 0.334. The van der Waals surface area contributed by atoms with Crippen LogP contribution in [0.1, 0.15) is 11.1 Å². The van der Waals surface area contributed by atoms with Gasteiger partial charge in [-0.1, -0.05) is 57.3 Å². The Balaban J connectivity index is 1.92. The van der Waals surface area contributed by atoms with Crippen molar-refractivity contribution in [2.24, 2.45) is 0 Å². The fraction of sp³-hybridized carbons (Fsp3) is 0.136. The summed E-state index contributed by atoms with van der Waals surface area (Å²) in [6.07, 6.45) is -4.65. The minimum atomic E-state index is -4.65. The molecule has 0 bridgehead atoms. The summed E-state index contributed by atoms with van der Waals surface area (Å²) < 4.78 is 67.3. The molecule has 34 heavy (non-hydrogen) atoms. The van der Waals surface area contributed by atoms with Gasteiger partial charge in [-0.15, -0.1) is 0 Å². The zero-order valence-corrected chi connectivity index (χ0v) is 21.0. The molecule has 3 aromatic carbocycles. The summed E-state index contributed by atoms with van der Waals surface area (Å²) in [5.41, 5.74) is -0.863. The van der Waals surface area contributed by atoms with Crippen LogP contribution in [-0.2, 0) is 27.5 Å². The number of benzene rings is 3. The van der Waals surface area contributed by atoms with Crippen LogP contribution in [0.25, 0.3) is 0 Å². The molecule has 0 aliphatic heterocycles. The Kier molecular flexibility index (Phi) is 8.30. The van der Waals surface area contributed by atoms with E-state index in [1.165, 1.54) is 24.3 Å². The lowest BCUT2D eigenvalue weighted by Crippen LogP contribution is -2.37. The van der Waals surface area contributed by atoms with E-state index in [-0.39, 0.29) is 22.2 Å². The van der Waals surface area contributed by atoms with E-state index in [2.05, 4.69) is 21.2 Å². The Morgan fingerprint density at radius 1 is 0.971 bits per heavy atom. The maximum Gasteiger partial charge on any atom is 0.416 e. The fourth-order valence-corrected chi connectivity index (χ4v) is 4.94. The summed E-state index contributed by atoms with van der Waals surface area (Å²) in [5.74, 6) is -0.881. The first kappa shape index (κ1) is 26.5. The highest BCUT2D eigenvalue weighted by molar-refractivity contribution is 9.10. The monoisotopic (exact) mass is 594 g/mol. The normalized spacial score (nSPS) is 12.1. The molecule has 0 heterocycles. The summed E-state index contributed by atoms with van der Waals surface area (Å²) in [4.78, 5) is 12.7. The summed E-state index contributed by atoms with van der Waals surface area (Å²) in [6, 6.07) is 14.8. The lowest BCUT2D eigenvalue weighted by Gasteiger charge is -2.23. The van der Waals surface area contributed by atoms with Crippen molar-refractivity contribution in [1.82, 2.24) is 4.31 Å². The molecule has 0 radical (unpaired) electrons. The van der Waals surface area contributed by atoms with Gasteiger partial charge >= 0.3 is 6.18 Å². The molecule has 0 atom stereocenters. The van der Waals surface area contributed by atoms with Gasteiger partial charge in [0.1, 0.15) is 0 Å². The third kappa shape index (κ3) is 6.51. The molecule has 0 aliphatic carbocycles. The van der Waals surface area contributed by atoms with Gasteiger partial charge in [-0.3, -0.25) is 4.79 Å². The van der Waals surface area contributed by atoms with Crippen molar-refractivity contribution >= 4 is 60.7 Å². The van der Waals surface area contributed by atoms with Crippen molar-refractivity contribution < 1.29 is 26.4 Å². The van der Waals surface area contributed by atoms with Gasteiger partial charge in [0.2, 0.25) is 15.9 Å². The van der Waals surface area contributed by atoms with Crippen LogP contribution in [0, 0.1) is 0 Å². The van der Waals surface area contributed by atoms with Gasteiger partial charge in [0.15, 0.2) is 0 Å². The second-order valence-electron chi connectivity index (χ2n) is 7.06. The lowest BCUT2D eigenvalue weighted by molar-refractivity contribution is -0.137. The Bertz CT molecular complexity index is 1300. The molecule has 0 saturated carbocycles. The number of rotatable bonds is 7. The highest BCUT2D eigenvalue weighted by atomic mass is 79.9. The van der Waals surface area contributed by atoms with Crippen molar-refractivity contribution in [1.29, 1.82) is 0 Å². The molecule has 5 nitrogen and oxygen atoms in total. The van der Waals surface area contributed by atoms with Gasteiger partial charge in [-0.25, -0.2) is 8.42 Å². The van der Waals surface area contributed by atoms with E-state index >= 15 is 0 Å².